The average Bonchev–Trinajstić information content (AvgIpc) is 2.94. The van der Waals surface area contributed by atoms with Gasteiger partial charge in [-0.05, 0) is 43.7 Å². The molecule has 0 saturated heterocycles. The Morgan fingerprint density at radius 2 is 1.74 bits per heavy atom. The summed E-state index contributed by atoms with van der Waals surface area (Å²) in [6.45, 7) is 3.50. The molecule has 0 bridgehead atoms. The highest BCUT2D eigenvalue weighted by Crippen LogP contribution is 2.36. The summed E-state index contributed by atoms with van der Waals surface area (Å²) in [5.74, 6) is 0.685. The maximum atomic E-state index is 12.6. The lowest BCUT2D eigenvalue weighted by Gasteiger charge is -2.24. The lowest BCUT2D eigenvalue weighted by Crippen LogP contribution is -2.31. The van der Waals surface area contributed by atoms with Crippen LogP contribution >= 0.6 is 0 Å². The predicted molar refractivity (Wildman–Crippen MR) is 85.4 cm³/mol. The Balaban J connectivity index is 1.89. The van der Waals surface area contributed by atoms with Crippen LogP contribution in [-0.4, -0.2) is 26.1 Å². The van der Waals surface area contributed by atoms with Crippen molar-refractivity contribution in [2.24, 2.45) is 0 Å². The van der Waals surface area contributed by atoms with E-state index < -0.39 is 21.2 Å². The number of hydrogen-bond acceptors (Lipinski definition) is 5. The molecule has 1 aliphatic rings. The summed E-state index contributed by atoms with van der Waals surface area (Å²) in [5, 5.41) is 10.7. The molecule has 1 atom stereocenters. The lowest BCUT2D eigenvalue weighted by molar-refractivity contribution is 0.0816. The SMILES string of the molecule is Cc1ccc(S(=O)(=O)CC(C)(O)c2ccc3c(c2)OCO3)cc1. The molecule has 1 aliphatic heterocycles. The summed E-state index contributed by atoms with van der Waals surface area (Å²) in [4.78, 5) is 0.198. The lowest BCUT2D eigenvalue weighted by atomic mass is 9.98. The van der Waals surface area contributed by atoms with E-state index in [4.69, 9.17) is 9.47 Å². The zero-order chi connectivity index (χ0) is 16.7. The van der Waals surface area contributed by atoms with Crippen LogP contribution in [0, 0.1) is 6.92 Å². The summed E-state index contributed by atoms with van der Waals surface area (Å²) in [6.07, 6.45) is 0. The molecule has 122 valence electrons. The molecule has 0 aromatic heterocycles. The molecule has 2 aromatic carbocycles. The molecule has 23 heavy (non-hydrogen) atoms. The van der Waals surface area contributed by atoms with Crippen LogP contribution in [-0.2, 0) is 15.4 Å². The second kappa shape index (κ2) is 5.54. The summed E-state index contributed by atoms with van der Waals surface area (Å²) in [6, 6.07) is 11.5. The number of aliphatic hydroxyl groups is 1. The Kier molecular flexibility index (Phi) is 3.82. The normalized spacial score (nSPS) is 16.1. The summed E-state index contributed by atoms with van der Waals surface area (Å²) < 4.78 is 35.6. The fourth-order valence-corrected chi connectivity index (χ4v) is 4.14. The fourth-order valence-electron chi connectivity index (χ4n) is 2.51. The van der Waals surface area contributed by atoms with Gasteiger partial charge in [-0.25, -0.2) is 8.42 Å². The second-order valence-corrected chi connectivity index (χ2v) is 7.90. The molecule has 0 spiro atoms. The first kappa shape index (κ1) is 15.8. The summed E-state index contributed by atoms with van der Waals surface area (Å²) >= 11 is 0. The van der Waals surface area contributed by atoms with Gasteiger partial charge in [-0.15, -0.1) is 0 Å². The largest absolute Gasteiger partial charge is 0.454 e. The molecule has 3 rings (SSSR count). The number of rotatable bonds is 4. The second-order valence-electron chi connectivity index (χ2n) is 5.91. The van der Waals surface area contributed by atoms with Crippen molar-refractivity contribution >= 4 is 9.84 Å². The van der Waals surface area contributed by atoms with Crippen LogP contribution < -0.4 is 9.47 Å². The molecule has 2 aromatic rings. The molecule has 0 fully saturated rings. The zero-order valence-electron chi connectivity index (χ0n) is 12.9. The highest BCUT2D eigenvalue weighted by Gasteiger charge is 2.32. The van der Waals surface area contributed by atoms with Crippen LogP contribution in [0.4, 0.5) is 0 Å². The van der Waals surface area contributed by atoms with E-state index in [1.165, 1.54) is 6.92 Å². The van der Waals surface area contributed by atoms with Gasteiger partial charge in [-0.3, -0.25) is 0 Å². The van der Waals surface area contributed by atoms with E-state index in [2.05, 4.69) is 0 Å². The predicted octanol–water partition coefficient (Wildman–Crippen LogP) is 2.41. The average molecular weight is 334 g/mol. The fraction of sp³-hybridized carbons (Fsp3) is 0.294. The Morgan fingerprint density at radius 3 is 2.43 bits per heavy atom. The van der Waals surface area contributed by atoms with Crippen molar-refractivity contribution in [2.75, 3.05) is 12.5 Å². The molecule has 5 nitrogen and oxygen atoms in total. The van der Waals surface area contributed by atoms with E-state index in [9.17, 15) is 13.5 Å². The first-order valence-electron chi connectivity index (χ1n) is 7.20. The summed E-state index contributed by atoms with van der Waals surface area (Å²) in [7, 11) is -3.62. The van der Waals surface area contributed by atoms with E-state index in [1.54, 1.807) is 42.5 Å². The number of fused-ring (bicyclic) bond motifs is 1. The van der Waals surface area contributed by atoms with Crippen LogP contribution in [0.1, 0.15) is 18.1 Å². The number of ether oxygens (including phenoxy) is 2. The van der Waals surface area contributed by atoms with E-state index >= 15 is 0 Å². The topological polar surface area (TPSA) is 72.8 Å². The van der Waals surface area contributed by atoms with E-state index in [-0.39, 0.29) is 11.7 Å². The van der Waals surface area contributed by atoms with Crippen LogP contribution in [0.3, 0.4) is 0 Å². The molecular weight excluding hydrogens is 316 g/mol. The van der Waals surface area contributed by atoms with Crippen LogP contribution in [0.5, 0.6) is 11.5 Å². The minimum Gasteiger partial charge on any atom is -0.454 e. The first-order valence-corrected chi connectivity index (χ1v) is 8.85. The Labute approximate surface area is 135 Å². The van der Waals surface area contributed by atoms with Crippen molar-refractivity contribution in [1.29, 1.82) is 0 Å². The van der Waals surface area contributed by atoms with Gasteiger partial charge < -0.3 is 14.6 Å². The molecule has 1 unspecified atom stereocenters. The smallest absolute Gasteiger partial charge is 0.231 e. The molecule has 1 N–H and O–H groups in total. The van der Waals surface area contributed by atoms with Gasteiger partial charge in [0.25, 0.3) is 0 Å². The highest BCUT2D eigenvalue weighted by atomic mass is 32.2. The zero-order valence-corrected chi connectivity index (χ0v) is 13.8. The minimum absolute atomic E-state index is 0.128. The third-order valence-electron chi connectivity index (χ3n) is 3.85. The van der Waals surface area contributed by atoms with Gasteiger partial charge in [0.15, 0.2) is 21.3 Å². The molecule has 0 saturated carbocycles. The number of hydrogen-bond donors (Lipinski definition) is 1. The molecule has 0 aliphatic carbocycles. The Bertz CT molecular complexity index is 823. The molecule has 6 heteroatoms. The van der Waals surface area contributed by atoms with Crippen molar-refractivity contribution in [3.8, 4) is 11.5 Å². The van der Waals surface area contributed by atoms with Crippen molar-refractivity contribution in [2.45, 2.75) is 24.3 Å². The van der Waals surface area contributed by atoms with Gasteiger partial charge in [-0.2, -0.15) is 0 Å². The Hall–Kier alpha value is -2.05. The van der Waals surface area contributed by atoms with Gasteiger partial charge in [-0.1, -0.05) is 23.8 Å². The third-order valence-corrected chi connectivity index (χ3v) is 5.78. The molecule has 0 radical (unpaired) electrons. The minimum atomic E-state index is -3.62. The van der Waals surface area contributed by atoms with E-state index in [0.29, 0.717) is 17.1 Å². The summed E-state index contributed by atoms with van der Waals surface area (Å²) in [5.41, 5.74) is -0.0889. The third kappa shape index (κ3) is 3.18. The van der Waals surface area contributed by atoms with Gasteiger partial charge >= 0.3 is 0 Å². The standard InChI is InChI=1S/C17H18O5S/c1-12-3-6-14(7-4-12)23(19,20)10-17(2,18)13-5-8-15-16(9-13)22-11-21-15/h3-9,18H,10-11H2,1-2H3. The Morgan fingerprint density at radius 1 is 1.09 bits per heavy atom. The molecule has 1 heterocycles. The van der Waals surface area contributed by atoms with E-state index in [1.807, 2.05) is 6.92 Å². The van der Waals surface area contributed by atoms with Crippen molar-refractivity contribution in [3.63, 3.8) is 0 Å². The van der Waals surface area contributed by atoms with Gasteiger partial charge in [0, 0.05) is 0 Å². The van der Waals surface area contributed by atoms with Crippen LogP contribution in [0.2, 0.25) is 0 Å². The van der Waals surface area contributed by atoms with Gasteiger partial charge in [0.2, 0.25) is 6.79 Å². The molecule has 0 amide bonds. The van der Waals surface area contributed by atoms with E-state index in [0.717, 1.165) is 5.56 Å². The number of aryl methyl sites for hydroxylation is 1. The highest BCUT2D eigenvalue weighted by molar-refractivity contribution is 7.91. The maximum Gasteiger partial charge on any atom is 0.231 e. The van der Waals surface area contributed by atoms with Crippen molar-refractivity contribution in [1.82, 2.24) is 0 Å². The van der Waals surface area contributed by atoms with Crippen LogP contribution in [0.25, 0.3) is 0 Å². The maximum absolute atomic E-state index is 12.6. The quantitative estimate of drug-likeness (QED) is 0.929. The first-order chi connectivity index (χ1) is 10.8. The molecular formula is C17H18O5S. The van der Waals surface area contributed by atoms with Gasteiger partial charge in [0.05, 0.1) is 10.6 Å². The monoisotopic (exact) mass is 334 g/mol. The van der Waals surface area contributed by atoms with Crippen molar-refractivity contribution < 1.29 is 23.0 Å². The van der Waals surface area contributed by atoms with Crippen molar-refractivity contribution in [3.05, 3.63) is 53.6 Å². The number of benzene rings is 2. The number of sulfone groups is 1. The van der Waals surface area contributed by atoms with Gasteiger partial charge in [0.1, 0.15) is 5.60 Å². The van der Waals surface area contributed by atoms with Crippen LogP contribution in [0.15, 0.2) is 47.4 Å².